The van der Waals surface area contributed by atoms with Crippen molar-refractivity contribution in [2.75, 3.05) is 26.0 Å². The highest BCUT2D eigenvalue weighted by molar-refractivity contribution is 6.29. The number of rotatable bonds is 4. The van der Waals surface area contributed by atoms with Crippen molar-refractivity contribution in [1.82, 2.24) is 9.88 Å². The minimum Gasteiger partial charge on any atom is -0.368 e. The Hall–Kier alpha value is -0.800. The van der Waals surface area contributed by atoms with E-state index in [9.17, 15) is 0 Å². The molecule has 0 unspecified atom stereocenters. The topological polar surface area (TPSA) is 28.2 Å². The van der Waals surface area contributed by atoms with Crippen LogP contribution in [0.4, 0.5) is 5.82 Å². The fourth-order valence-electron chi connectivity index (χ4n) is 0.972. The minimum absolute atomic E-state index is 0.0873. The zero-order valence-electron chi connectivity index (χ0n) is 9.71. The largest absolute Gasteiger partial charge is 0.368 e. The normalized spacial score (nSPS) is 11.9. The van der Waals surface area contributed by atoms with Gasteiger partial charge in [0, 0.05) is 12.1 Å². The first-order valence-electron chi connectivity index (χ1n) is 4.96. The Bertz CT molecular complexity index is 323. The van der Waals surface area contributed by atoms with Crippen LogP contribution in [-0.4, -0.2) is 36.1 Å². The van der Waals surface area contributed by atoms with Gasteiger partial charge in [-0.2, -0.15) is 0 Å². The van der Waals surface area contributed by atoms with Gasteiger partial charge in [0.05, 0.1) is 0 Å². The third-order valence-corrected chi connectivity index (χ3v) is 2.84. The van der Waals surface area contributed by atoms with E-state index < -0.39 is 0 Å². The molecular weight excluding hydrogens is 210 g/mol. The van der Waals surface area contributed by atoms with Gasteiger partial charge in [0.1, 0.15) is 11.0 Å². The molecule has 0 radical (unpaired) electrons. The number of pyridine rings is 1. The van der Waals surface area contributed by atoms with Crippen LogP contribution >= 0.6 is 11.6 Å². The predicted molar refractivity (Wildman–Crippen MR) is 65.5 cm³/mol. The summed E-state index contributed by atoms with van der Waals surface area (Å²) in [5.41, 5.74) is 0.0873. The molecule has 0 aliphatic carbocycles. The number of nitrogens with zero attached hydrogens (tertiary/aromatic N) is 2. The average Bonchev–Trinajstić information content (AvgIpc) is 2.15. The molecule has 0 aliphatic rings. The number of hydrogen-bond donors (Lipinski definition) is 1. The molecule has 0 saturated carbocycles. The zero-order valence-corrected chi connectivity index (χ0v) is 10.5. The summed E-state index contributed by atoms with van der Waals surface area (Å²) in [5.74, 6) is 0.817. The SMILES string of the molecule is CN(C)C(C)(C)CNc1cccc(Cl)n1. The lowest BCUT2D eigenvalue weighted by atomic mass is 10.0. The number of anilines is 1. The second-order valence-electron chi connectivity index (χ2n) is 4.41. The van der Waals surface area contributed by atoms with Crippen LogP contribution < -0.4 is 5.32 Å². The van der Waals surface area contributed by atoms with Gasteiger partial charge in [0.15, 0.2) is 0 Å². The highest BCUT2D eigenvalue weighted by Crippen LogP contribution is 2.13. The van der Waals surface area contributed by atoms with Gasteiger partial charge in [-0.15, -0.1) is 0 Å². The number of likely N-dealkylation sites (N-methyl/N-ethyl adjacent to an activating group) is 1. The third kappa shape index (κ3) is 3.68. The fraction of sp³-hybridized carbons (Fsp3) is 0.545. The molecule has 84 valence electrons. The third-order valence-electron chi connectivity index (χ3n) is 2.63. The van der Waals surface area contributed by atoms with Crippen molar-refractivity contribution in [1.29, 1.82) is 0 Å². The molecule has 0 atom stereocenters. The van der Waals surface area contributed by atoms with E-state index in [4.69, 9.17) is 11.6 Å². The summed E-state index contributed by atoms with van der Waals surface area (Å²) in [4.78, 5) is 6.34. The first-order valence-corrected chi connectivity index (χ1v) is 5.33. The van der Waals surface area contributed by atoms with Crippen LogP contribution in [0.5, 0.6) is 0 Å². The Kier molecular flexibility index (Phi) is 3.94. The predicted octanol–water partition coefficient (Wildman–Crippen LogP) is 2.49. The van der Waals surface area contributed by atoms with Crippen LogP contribution in [0.2, 0.25) is 5.15 Å². The smallest absolute Gasteiger partial charge is 0.131 e. The van der Waals surface area contributed by atoms with Crippen LogP contribution in [0.3, 0.4) is 0 Å². The molecular formula is C11H18ClN3. The van der Waals surface area contributed by atoms with Gasteiger partial charge in [0.2, 0.25) is 0 Å². The molecule has 1 N–H and O–H groups in total. The van der Waals surface area contributed by atoms with Gasteiger partial charge in [-0.3, -0.25) is 0 Å². The highest BCUT2D eigenvalue weighted by atomic mass is 35.5. The molecule has 0 saturated heterocycles. The summed E-state index contributed by atoms with van der Waals surface area (Å²) < 4.78 is 0. The molecule has 1 aromatic heterocycles. The summed E-state index contributed by atoms with van der Waals surface area (Å²) in [5, 5.41) is 3.79. The second kappa shape index (κ2) is 4.81. The number of hydrogen-bond acceptors (Lipinski definition) is 3. The first-order chi connectivity index (χ1) is 6.92. The molecule has 0 amide bonds. The van der Waals surface area contributed by atoms with Crippen molar-refractivity contribution in [3.05, 3.63) is 23.4 Å². The summed E-state index contributed by atoms with van der Waals surface area (Å²) in [6.45, 7) is 5.17. The lowest BCUT2D eigenvalue weighted by molar-refractivity contribution is 0.210. The first kappa shape index (κ1) is 12.3. The molecule has 0 aromatic carbocycles. The Morgan fingerprint density at radius 1 is 1.40 bits per heavy atom. The van der Waals surface area contributed by atoms with Crippen LogP contribution in [0.25, 0.3) is 0 Å². The van der Waals surface area contributed by atoms with Crippen molar-refractivity contribution in [2.24, 2.45) is 0 Å². The van der Waals surface area contributed by atoms with Gasteiger partial charge in [0.25, 0.3) is 0 Å². The molecule has 0 spiro atoms. The molecule has 4 heteroatoms. The van der Waals surface area contributed by atoms with Gasteiger partial charge in [-0.25, -0.2) is 4.98 Å². The Morgan fingerprint density at radius 2 is 2.07 bits per heavy atom. The van der Waals surface area contributed by atoms with Crippen LogP contribution in [-0.2, 0) is 0 Å². The van der Waals surface area contributed by atoms with Crippen molar-refractivity contribution >= 4 is 17.4 Å². The molecule has 1 heterocycles. The zero-order chi connectivity index (χ0) is 11.5. The van der Waals surface area contributed by atoms with Crippen molar-refractivity contribution < 1.29 is 0 Å². The van der Waals surface area contributed by atoms with Gasteiger partial charge in [-0.1, -0.05) is 17.7 Å². The van der Waals surface area contributed by atoms with Crippen molar-refractivity contribution in [3.63, 3.8) is 0 Å². The summed E-state index contributed by atoms with van der Waals surface area (Å²) >= 11 is 5.80. The van der Waals surface area contributed by atoms with E-state index in [0.29, 0.717) is 5.15 Å². The second-order valence-corrected chi connectivity index (χ2v) is 4.79. The summed E-state index contributed by atoms with van der Waals surface area (Å²) in [7, 11) is 4.13. The lowest BCUT2D eigenvalue weighted by Crippen LogP contribution is -2.44. The molecule has 3 nitrogen and oxygen atoms in total. The van der Waals surface area contributed by atoms with Gasteiger partial charge in [-0.05, 0) is 40.1 Å². The highest BCUT2D eigenvalue weighted by Gasteiger charge is 2.19. The standard InChI is InChI=1S/C11H18ClN3/c1-11(2,15(3)4)8-13-10-7-5-6-9(12)14-10/h5-7H,8H2,1-4H3,(H,13,14). The molecule has 1 aromatic rings. The van der Waals surface area contributed by atoms with Crippen LogP contribution in [0, 0.1) is 0 Å². The van der Waals surface area contributed by atoms with Crippen LogP contribution in [0.15, 0.2) is 18.2 Å². The number of aromatic nitrogens is 1. The van der Waals surface area contributed by atoms with E-state index in [-0.39, 0.29) is 5.54 Å². The maximum absolute atomic E-state index is 5.80. The Labute approximate surface area is 96.5 Å². The van der Waals surface area contributed by atoms with E-state index >= 15 is 0 Å². The lowest BCUT2D eigenvalue weighted by Gasteiger charge is -2.32. The summed E-state index contributed by atoms with van der Waals surface area (Å²) in [6.07, 6.45) is 0. The maximum Gasteiger partial charge on any atom is 0.131 e. The van der Waals surface area contributed by atoms with E-state index in [1.807, 2.05) is 12.1 Å². The van der Waals surface area contributed by atoms with E-state index in [0.717, 1.165) is 12.4 Å². The average molecular weight is 228 g/mol. The molecule has 1 rings (SSSR count). The monoisotopic (exact) mass is 227 g/mol. The molecule has 0 fully saturated rings. The number of halogens is 1. The summed E-state index contributed by atoms with van der Waals surface area (Å²) in [6, 6.07) is 5.57. The van der Waals surface area contributed by atoms with Gasteiger partial charge >= 0.3 is 0 Å². The molecule has 0 aliphatic heterocycles. The molecule has 0 bridgehead atoms. The maximum atomic E-state index is 5.80. The van der Waals surface area contributed by atoms with E-state index in [2.05, 4.69) is 43.1 Å². The fourth-order valence-corrected chi connectivity index (χ4v) is 1.14. The van der Waals surface area contributed by atoms with Crippen molar-refractivity contribution in [2.45, 2.75) is 19.4 Å². The number of nitrogens with one attached hydrogen (secondary N) is 1. The van der Waals surface area contributed by atoms with E-state index in [1.54, 1.807) is 6.07 Å². The Morgan fingerprint density at radius 3 is 2.60 bits per heavy atom. The van der Waals surface area contributed by atoms with Crippen LogP contribution in [0.1, 0.15) is 13.8 Å². The Balaban J connectivity index is 2.57. The minimum atomic E-state index is 0.0873. The van der Waals surface area contributed by atoms with Gasteiger partial charge < -0.3 is 10.2 Å². The van der Waals surface area contributed by atoms with Crippen molar-refractivity contribution in [3.8, 4) is 0 Å². The molecule has 15 heavy (non-hydrogen) atoms. The van der Waals surface area contributed by atoms with E-state index in [1.165, 1.54) is 0 Å². The quantitative estimate of drug-likeness (QED) is 0.802.